The maximum Gasteiger partial charge on any atom is 0.762 e. The maximum atomic E-state index is 12.1. The topological polar surface area (TPSA) is 113 Å². The number of ether oxygens (including phenoxy) is 1. The fourth-order valence-corrected chi connectivity index (χ4v) is 16.1. The lowest BCUT2D eigenvalue weighted by atomic mass is 9.69. The average Bonchev–Trinajstić information content (AvgIpc) is 1.56. The summed E-state index contributed by atoms with van der Waals surface area (Å²) in [7, 11) is -1.52. The molecular weight excluding hydrogens is 1350 g/mol. The second-order valence-electron chi connectivity index (χ2n) is 25.6. The Kier molecular flexibility index (Phi) is 25.2. The van der Waals surface area contributed by atoms with Gasteiger partial charge in [-0.15, -0.1) is 0 Å². The monoisotopic (exact) mass is 1430 g/mol. The highest BCUT2D eigenvalue weighted by molar-refractivity contribution is 8.14. The molecule has 0 aromatic heterocycles. The fraction of sp³-hybridized carbons (Fsp3) is 0.217. The molecule has 0 fully saturated rings. The van der Waals surface area contributed by atoms with Crippen LogP contribution >= 0.6 is 11.8 Å². The van der Waals surface area contributed by atoms with Crippen LogP contribution in [0.2, 0.25) is 0 Å². The SMILES string of the molecule is CC1(Cc2ccccc2)C(C=CC=CC=C2N(CCOC=O)c3ccc4ccccc4c3C2(Cc2ccccc2)Cc2ccccc2)=[N+](CCC(=O)O)c2ccc3ccccc3c21.CN1C(=CC=CC=CC2=[N+](CCC(=O)O)CCS2)C(C)(C)c2c1ccc1ccccc21.FB(F)F.[Br-].[F-]. The van der Waals surface area contributed by atoms with Crippen LogP contribution in [-0.4, -0.2) is 102 Å². The Morgan fingerprint density at radius 3 is 1.59 bits per heavy atom. The highest BCUT2D eigenvalue weighted by atomic mass is 79.9. The van der Waals surface area contributed by atoms with Crippen molar-refractivity contribution < 1.29 is 73.1 Å². The minimum Gasteiger partial charge on any atom is -1.00 e. The van der Waals surface area contributed by atoms with E-state index in [0.717, 1.165) is 64.8 Å². The number of hydrogen-bond donors (Lipinski definition) is 2. The van der Waals surface area contributed by atoms with Crippen LogP contribution in [0.3, 0.4) is 0 Å². The lowest BCUT2D eigenvalue weighted by Gasteiger charge is -2.35. The number of likely N-dealkylation sites (N-methyl/N-ethyl adjacent to an activating group) is 1. The Morgan fingerprint density at radius 2 is 1.04 bits per heavy atom. The third-order valence-electron chi connectivity index (χ3n) is 19.1. The van der Waals surface area contributed by atoms with Gasteiger partial charge in [-0.3, -0.25) is 27.3 Å². The fourth-order valence-electron chi connectivity index (χ4n) is 15.0. The summed E-state index contributed by atoms with van der Waals surface area (Å²) in [6.45, 7) is 9.99. The molecule has 1 unspecified atom stereocenters. The van der Waals surface area contributed by atoms with Gasteiger partial charge in [0.05, 0.1) is 17.7 Å². The summed E-state index contributed by atoms with van der Waals surface area (Å²) in [4.78, 5) is 39.1. The van der Waals surface area contributed by atoms with Crippen LogP contribution in [0.4, 0.5) is 30.0 Å². The van der Waals surface area contributed by atoms with Crippen molar-refractivity contribution in [3.8, 4) is 0 Å². The van der Waals surface area contributed by atoms with Gasteiger partial charge in [0, 0.05) is 64.4 Å². The Bertz CT molecular complexity index is 4630. The summed E-state index contributed by atoms with van der Waals surface area (Å²) in [6.07, 6.45) is 23.7. The van der Waals surface area contributed by atoms with Crippen LogP contribution < -0.4 is 31.5 Å². The van der Waals surface area contributed by atoms with Gasteiger partial charge < -0.3 is 46.4 Å². The second-order valence-corrected chi connectivity index (χ2v) is 26.7. The van der Waals surface area contributed by atoms with E-state index >= 15 is 0 Å². The van der Waals surface area contributed by atoms with Crippen LogP contribution in [0.15, 0.2) is 272 Å². The number of thioether (sulfide) groups is 1. The highest BCUT2D eigenvalue weighted by Crippen LogP contribution is 2.55. The molecule has 4 aliphatic heterocycles. The van der Waals surface area contributed by atoms with Gasteiger partial charge in [0.2, 0.25) is 10.7 Å². The minimum atomic E-state index is -3.67. The van der Waals surface area contributed by atoms with E-state index in [1.54, 1.807) is 11.8 Å². The van der Waals surface area contributed by atoms with Gasteiger partial charge in [-0.05, 0) is 117 Å². The molecule has 9 aromatic rings. The standard InChI is InChI=1S/C57H50N2O4.C26H28N2O2S.BF3.BrH.FH/c1-56(38-42-18-6-2-7-19-42)51(58(35-34-53(61)62)49-32-30-45-24-14-16-26-47(45)54(49)56)28-12-5-13-29-52-57(39-43-20-8-3-9-21-43,40-44-22-10-4-11-23-44)55-48-27-17-15-25-46(48)31-33-50(55)59(52)36-37-63-41-60;1-26(2)22(27(3)21-14-13-19-9-7-8-10-20(19)25(21)26)11-5-4-6-12-23-28(17-18-31-23)16-15-24(29)30;2-1(3)4;;/h2-33,41H,34-40H2,1H3;4-14H,15-18H2,1-3H3;;2*1H. The Hall–Kier alpha value is -9.84. The molecular formula is C83H80BBrF4N4O6S. The number of carboxylic acids is 2. The molecule has 0 radical (unpaired) electrons. The van der Waals surface area contributed by atoms with E-state index in [9.17, 15) is 32.4 Å². The molecule has 1 atom stereocenters. The lowest BCUT2D eigenvalue weighted by Crippen LogP contribution is -3.00. The number of rotatable bonds is 22. The van der Waals surface area contributed by atoms with E-state index in [1.807, 2.05) is 12.1 Å². The van der Waals surface area contributed by atoms with Gasteiger partial charge in [-0.25, -0.2) is 4.58 Å². The first-order valence-electron chi connectivity index (χ1n) is 33.1. The molecule has 13 rings (SSSR count). The zero-order valence-electron chi connectivity index (χ0n) is 56.4. The van der Waals surface area contributed by atoms with Crippen molar-refractivity contribution in [1.29, 1.82) is 0 Å². The van der Waals surface area contributed by atoms with E-state index < -0.39 is 30.3 Å². The number of anilines is 2. The molecule has 0 bridgehead atoms. The summed E-state index contributed by atoms with van der Waals surface area (Å²) < 4.78 is 38.8. The van der Waals surface area contributed by atoms with Crippen molar-refractivity contribution >= 4 is 97.9 Å². The summed E-state index contributed by atoms with van der Waals surface area (Å²) in [5.41, 5.74) is 13.4. The molecule has 2 N–H and O–H groups in total. The van der Waals surface area contributed by atoms with Gasteiger partial charge >= 0.3 is 19.5 Å². The lowest BCUT2D eigenvalue weighted by molar-refractivity contribution is -0.516. The number of aliphatic carboxylic acids is 2. The molecule has 0 aliphatic carbocycles. The maximum absolute atomic E-state index is 12.1. The molecule has 4 aliphatic rings. The van der Waals surface area contributed by atoms with E-state index in [-0.39, 0.29) is 46.5 Å². The molecule has 0 saturated carbocycles. The Labute approximate surface area is 597 Å². The molecule has 100 heavy (non-hydrogen) atoms. The average molecular weight is 1430 g/mol. The largest absolute Gasteiger partial charge is 1.00 e. The first-order valence-corrected chi connectivity index (χ1v) is 34.1. The van der Waals surface area contributed by atoms with Gasteiger partial charge in [0.15, 0.2) is 25.3 Å². The van der Waals surface area contributed by atoms with Crippen molar-refractivity contribution in [2.75, 3.05) is 55.4 Å². The predicted octanol–water partition coefficient (Wildman–Crippen LogP) is 11.6. The van der Waals surface area contributed by atoms with Gasteiger partial charge in [-0.1, -0.05) is 238 Å². The van der Waals surface area contributed by atoms with Crippen molar-refractivity contribution in [2.24, 2.45) is 0 Å². The van der Waals surface area contributed by atoms with Crippen LogP contribution in [0.1, 0.15) is 67.0 Å². The highest BCUT2D eigenvalue weighted by Gasteiger charge is 2.50. The number of halogens is 5. The number of carbonyl (C=O) groups is 3. The van der Waals surface area contributed by atoms with E-state index in [0.29, 0.717) is 26.1 Å². The van der Waals surface area contributed by atoms with Crippen molar-refractivity contribution in [3.05, 3.63) is 306 Å². The Morgan fingerprint density at radius 1 is 0.570 bits per heavy atom. The van der Waals surface area contributed by atoms with Crippen LogP contribution in [0.25, 0.3) is 32.3 Å². The summed E-state index contributed by atoms with van der Waals surface area (Å²) in [6, 6.07) is 70.9. The molecule has 0 spiro atoms. The molecule has 0 amide bonds. The van der Waals surface area contributed by atoms with Crippen LogP contribution in [0, 0.1) is 0 Å². The second kappa shape index (κ2) is 33.8. The number of benzene rings is 9. The van der Waals surface area contributed by atoms with Crippen molar-refractivity contribution in [2.45, 2.75) is 69.1 Å². The number of fused-ring (bicyclic) bond motifs is 9. The number of allylic oxidation sites excluding steroid dienone is 11. The summed E-state index contributed by atoms with van der Waals surface area (Å²) in [5, 5.41) is 27.3. The van der Waals surface area contributed by atoms with Gasteiger partial charge in [0.1, 0.15) is 19.4 Å². The smallest absolute Gasteiger partial charge is 0.762 e. The number of hydrogen-bond acceptors (Lipinski definition) is 7. The first-order chi connectivity index (χ1) is 47.5. The third-order valence-corrected chi connectivity index (χ3v) is 20.1. The van der Waals surface area contributed by atoms with E-state index in [2.05, 4.69) is 296 Å². The molecule has 512 valence electrons. The van der Waals surface area contributed by atoms with E-state index in [1.165, 1.54) is 71.7 Å². The van der Waals surface area contributed by atoms with Crippen LogP contribution in [0.5, 0.6) is 0 Å². The summed E-state index contributed by atoms with van der Waals surface area (Å²) >= 11 is 1.78. The first kappa shape index (κ1) is 74.4. The van der Waals surface area contributed by atoms with Crippen molar-refractivity contribution in [3.63, 3.8) is 0 Å². The zero-order chi connectivity index (χ0) is 68.8. The molecule has 4 heterocycles. The minimum absolute atomic E-state index is 0. The number of nitrogens with zero attached hydrogens (tertiary/aromatic N) is 4. The normalized spacial score (nSPS) is 17.2. The zero-order valence-corrected chi connectivity index (χ0v) is 58.8. The number of carboxylic acid groups (broad SMARTS) is 2. The van der Waals surface area contributed by atoms with Gasteiger partial charge in [0.25, 0.3) is 6.47 Å². The molecule has 0 saturated heterocycles. The summed E-state index contributed by atoms with van der Waals surface area (Å²) in [5.74, 6) is -0.561. The molecule has 17 heteroatoms. The molecule has 9 aromatic carbocycles. The van der Waals surface area contributed by atoms with Gasteiger partial charge in [-0.2, -0.15) is 4.58 Å². The van der Waals surface area contributed by atoms with E-state index in [4.69, 9.17) is 9.84 Å². The quantitative estimate of drug-likeness (QED) is 0.0171. The number of carbonyl (C=O) groups excluding carboxylic acids is 1. The Balaban J connectivity index is 0.000000264. The predicted molar refractivity (Wildman–Crippen MR) is 396 cm³/mol. The van der Waals surface area contributed by atoms with Crippen LogP contribution in [-0.2, 0) is 54.6 Å². The van der Waals surface area contributed by atoms with Crippen molar-refractivity contribution in [1.82, 2.24) is 0 Å². The third kappa shape index (κ3) is 16.4. The molecule has 10 nitrogen and oxygen atoms in total.